The minimum atomic E-state index is -0.222. The second kappa shape index (κ2) is 4.69. The predicted octanol–water partition coefficient (Wildman–Crippen LogP) is 0.567. The molecule has 2 atom stereocenters. The van der Waals surface area contributed by atoms with Gasteiger partial charge in [-0.25, -0.2) is 0 Å². The number of nitrogens with two attached hydrogens (primary N) is 1. The maximum absolute atomic E-state index is 5.77. The van der Waals surface area contributed by atoms with Crippen LogP contribution >= 0.6 is 0 Å². The summed E-state index contributed by atoms with van der Waals surface area (Å²) in [6.45, 7) is 3.62. The summed E-state index contributed by atoms with van der Waals surface area (Å²) >= 11 is 0. The molecule has 2 heterocycles. The number of rotatable bonds is 3. The zero-order chi connectivity index (χ0) is 10.7. The first-order valence-electron chi connectivity index (χ1n) is 5.09. The molecule has 0 amide bonds. The third-order valence-corrected chi connectivity index (χ3v) is 2.32. The Morgan fingerprint density at radius 3 is 3.07 bits per heavy atom. The highest BCUT2D eigenvalue weighted by Crippen LogP contribution is 2.19. The monoisotopic (exact) mass is 213 g/mol. The van der Waals surface area contributed by atoms with Crippen LogP contribution in [-0.4, -0.2) is 30.0 Å². The van der Waals surface area contributed by atoms with Crippen LogP contribution in [0.5, 0.6) is 0 Å². The van der Waals surface area contributed by atoms with Gasteiger partial charge in [0.05, 0.1) is 25.9 Å². The molecule has 15 heavy (non-hydrogen) atoms. The van der Waals surface area contributed by atoms with E-state index in [0.717, 1.165) is 6.42 Å². The summed E-state index contributed by atoms with van der Waals surface area (Å²) in [6, 6.07) is -0.198. The van der Waals surface area contributed by atoms with Crippen LogP contribution in [0.15, 0.2) is 4.52 Å². The van der Waals surface area contributed by atoms with Crippen molar-refractivity contribution in [3.8, 4) is 0 Å². The van der Waals surface area contributed by atoms with Gasteiger partial charge in [0.1, 0.15) is 6.10 Å². The molecule has 1 aromatic rings. The van der Waals surface area contributed by atoms with Crippen molar-refractivity contribution in [2.75, 3.05) is 19.8 Å². The Hall–Kier alpha value is -0.980. The molecule has 0 spiro atoms. The van der Waals surface area contributed by atoms with Gasteiger partial charge in [-0.1, -0.05) is 12.1 Å². The number of aromatic nitrogens is 2. The van der Waals surface area contributed by atoms with Crippen molar-refractivity contribution in [1.29, 1.82) is 0 Å². The molecule has 0 radical (unpaired) electrons. The first-order chi connectivity index (χ1) is 7.31. The highest BCUT2D eigenvalue weighted by Gasteiger charge is 2.23. The van der Waals surface area contributed by atoms with Crippen LogP contribution in [0.2, 0.25) is 0 Å². The summed E-state index contributed by atoms with van der Waals surface area (Å²) < 4.78 is 15.7. The van der Waals surface area contributed by atoms with E-state index < -0.39 is 0 Å². The van der Waals surface area contributed by atoms with Gasteiger partial charge in [0.2, 0.25) is 11.7 Å². The third-order valence-electron chi connectivity index (χ3n) is 2.32. The number of nitrogens with zero attached hydrogens (tertiary/aromatic N) is 2. The highest BCUT2D eigenvalue weighted by molar-refractivity contribution is 4.95. The summed E-state index contributed by atoms with van der Waals surface area (Å²) in [5.41, 5.74) is 5.77. The molecule has 84 valence electrons. The minimum Gasteiger partial charge on any atom is -0.376 e. The maximum atomic E-state index is 5.77. The summed E-state index contributed by atoms with van der Waals surface area (Å²) in [5, 5.41) is 3.84. The van der Waals surface area contributed by atoms with E-state index in [9.17, 15) is 0 Å². The molecular weight excluding hydrogens is 198 g/mol. The van der Waals surface area contributed by atoms with Crippen molar-refractivity contribution >= 4 is 0 Å². The van der Waals surface area contributed by atoms with Crippen molar-refractivity contribution in [3.63, 3.8) is 0 Å². The van der Waals surface area contributed by atoms with Crippen molar-refractivity contribution in [2.45, 2.75) is 25.5 Å². The van der Waals surface area contributed by atoms with Crippen LogP contribution < -0.4 is 5.73 Å². The Morgan fingerprint density at radius 2 is 2.40 bits per heavy atom. The van der Waals surface area contributed by atoms with Gasteiger partial charge in [0.25, 0.3) is 0 Å². The topological polar surface area (TPSA) is 83.4 Å². The van der Waals surface area contributed by atoms with Gasteiger partial charge >= 0.3 is 0 Å². The van der Waals surface area contributed by atoms with Gasteiger partial charge in [-0.15, -0.1) is 0 Å². The first-order valence-corrected chi connectivity index (χ1v) is 5.09. The molecule has 0 aliphatic carbocycles. The standard InChI is InChI=1S/C9H15N3O3/c1-2-6(10)9-11-8(12-15-9)7-5-13-3-4-14-7/h6-7H,2-5,10H2,1H3. The van der Waals surface area contributed by atoms with Crippen LogP contribution in [0.1, 0.15) is 37.2 Å². The first kappa shape index (κ1) is 10.5. The van der Waals surface area contributed by atoms with E-state index in [1.807, 2.05) is 6.92 Å². The molecule has 0 saturated carbocycles. The van der Waals surface area contributed by atoms with Crippen LogP contribution in [0.25, 0.3) is 0 Å². The third kappa shape index (κ3) is 2.34. The number of ether oxygens (including phenoxy) is 2. The zero-order valence-electron chi connectivity index (χ0n) is 8.68. The van der Waals surface area contributed by atoms with E-state index in [1.165, 1.54) is 0 Å². The Morgan fingerprint density at radius 1 is 1.53 bits per heavy atom. The summed E-state index contributed by atoms with van der Waals surface area (Å²) in [4.78, 5) is 4.20. The largest absolute Gasteiger partial charge is 0.376 e. The fourth-order valence-electron chi connectivity index (χ4n) is 1.34. The van der Waals surface area contributed by atoms with Crippen LogP contribution in [0, 0.1) is 0 Å². The molecule has 2 rings (SSSR count). The van der Waals surface area contributed by atoms with Gasteiger partial charge in [0, 0.05) is 0 Å². The molecule has 1 aromatic heterocycles. The fraction of sp³-hybridized carbons (Fsp3) is 0.778. The van der Waals surface area contributed by atoms with E-state index in [0.29, 0.717) is 31.5 Å². The minimum absolute atomic E-state index is 0.198. The zero-order valence-corrected chi connectivity index (χ0v) is 8.68. The van der Waals surface area contributed by atoms with Gasteiger partial charge in [-0.3, -0.25) is 0 Å². The average Bonchev–Trinajstić information content (AvgIpc) is 2.78. The van der Waals surface area contributed by atoms with Gasteiger partial charge in [0.15, 0.2) is 0 Å². The van der Waals surface area contributed by atoms with Crippen molar-refractivity contribution in [1.82, 2.24) is 10.1 Å². The SMILES string of the molecule is CCC(N)c1nc(C2COCCO2)no1. The highest BCUT2D eigenvalue weighted by atomic mass is 16.6. The normalized spacial score (nSPS) is 24.0. The number of hydrogen-bond acceptors (Lipinski definition) is 6. The number of hydrogen-bond donors (Lipinski definition) is 1. The molecule has 2 unspecified atom stereocenters. The predicted molar refractivity (Wildman–Crippen MR) is 51.0 cm³/mol. The Bertz CT molecular complexity index is 309. The van der Waals surface area contributed by atoms with Crippen molar-refractivity contribution < 1.29 is 14.0 Å². The fourth-order valence-corrected chi connectivity index (χ4v) is 1.34. The summed E-state index contributed by atoms with van der Waals surface area (Å²) in [5.74, 6) is 0.982. The van der Waals surface area contributed by atoms with Gasteiger partial charge < -0.3 is 19.7 Å². The molecule has 1 aliphatic heterocycles. The smallest absolute Gasteiger partial charge is 0.243 e. The van der Waals surface area contributed by atoms with Gasteiger partial charge in [-0.2, -0.15) is 4.98 Å². The van der Waals surface area contributed by atoms with Crippen LogP contribution in [0.3, 0.4) is 0 Å². The molecule has 1 aliphatic rings. The van der Waals surface area contributed by atoms with E-state index >= 15 is 0 Å². The average molecular weight is 213 g/mol. The lowest BCUT2D eigenvalue weighted by Gasteiger charge is -2.19. The van der Waals surface area contributed by atoms with E-state index in [1.54, 1.807) is 0 Å². The van der Waals surface area contributed by atoms with Crippen molar-refractivity contribution in [2.24, 2.45) is 5.73 Å². The van der Waals surface area contributed by atoms with Gasteiger partial charge in [-0.05, 0) is 6.42 Å². The van der Waals surface area contributed by atoms with E-state index in [4.69, 9.17) is 19.7 Å². The second-order valence-electron chi connectivity index (χ2n) is 3.44. The molecule has 1 fully saturated rings. The molecule has 2 N–H and O–H groups in total. The van der Waals surface area contributed by atoms with E-state index in [-0.39, 0.29) is 12.1 Å². The molecule has 1 saturated heterocycles. The molecular formula is C9H15N3O3. The molecule has 6 nitrogen and oxygen atoms in total. The Kier molecular flexibility index (Phi) is 3.30. The molecule has 0 aromatic carbocycles. The molecule has 0 bridgehead atoms. The second-order valence-corrected chi connectivity index (χ2v) is 3.44. The Balaban J connectivity index is 2.05. The lowest BCUT2D eigenvalue weighted by atomic mass is 10.2. The van der Waals surface area contributed by atoms with Crippen molar-refractivity contribution in [3.05, 3.63) is 11.7 Å². The maximum Gasteiger partial charge on any atom is 0.243 e. The van der Waals surface area contributed by atoms with E-state index in [2.05, 4.69) is 10.1 Å². The Labute approximate surface area is 87.7 Å². The summed E-state index contributed by atoms with van der Waals surface area (Å²) in [7, 11) is 0. The van der Waals surface area contributed by atoms with Crippen LogP contribution in [0.4, 0.5) is 0 Å². The molecule has 6 heteroatoms. The summed E-state index contributed by atoms with van der Waals surface area (Å²) in [6.07, 6.45) is 0.546. The van der Waals surface area contributed by atoms with Crippen LogP contribution in [-0.2, 0) is 9.47 Å². The lowest BCUT2D eigenvalue weighted by Crippen LogP contribution is -2.23. The lowest BCUT2D eigenvalue weighted by molar-refractivity contribution is -0.0941. The quantitative estimate of drug-likeness (QED) is 0.790.